The van der Waals surface area contributed by atoms with Gasteiger partial charge in [-0.3, -0.25) is 4.79 Å². The molecule has 1 amide bonds. The van der Waals surface area contributed by atoms with E-state index >= 15 is 0 Å². The SMILES string of the molecule is CC(Oc1ccccc1)C(=O)NC(CC(F)(F)F)C(=O)O. The number of alkyl halides is 3. The number of carboxylic acid groups (broad SMARTS) is 1. The number of carboxylic acids is 1. The van der Waals surface area contributed by atoms with Crippen LogP contribution >= 0.6 is 0 Å². The van der Waals surface area contributed by atoms with Crippen molar-refractivity contribution in [2.75, 3.05) is 0 Å². The van der Waals surface area contributed by atoms with E-state index in [0.717, 1.165) is 0 Å². The summed E-state index contributed by atoms with van der Waals surface area (Å²) < 4.78 is 41.9. The molecule has 116 valence electrons. The molecule has 2 N–H and O–H groups in total. The average molecular weight is 305 g/mol. The zero-order valence-electron chi connectivity index (χ0n) is 11.1. The first-order chi connectivity index (χ1) is 9.69. The Hall–Kier alpha value is -2.25. The molecule has 21 heavy (non-hydrogen) atoms. The van der Waals surface area contributed by atoms with Gasteiger partial charge in [0.25, 0.3) is 5.91 Å². The predicted octanol–water partition coefficient (Wildman–Crippen LogP) is 1.98. The molecule has 0 bridgehead atoms. The maximum absolute atomic E-state index is 12.2. The second-order valence-corrected chi connectivity index (χ2v) is 4.29. The minimum absolute atomic E-state index is 0.350. The van der Waals surface area contributed by atoms with Gasteiger partial charge in [0, 0.05) is 0 Å². The summed E-state index contributed by atoms with van der Waals surface area (Å²) in [5, 5.41) is 10.5. The molecule has 0 aromatic heterocycles. The quantitative estimate of drug-likeness (QED) is 0.842. The van der Waals surface area contributed by atoms with Gasteiger partial charge in [-0.2, -0.15) is 13.2 Å². The van der Waals surface area contributed by atoms with Crippen molar-refractivity contribution in [3.05, 3.63) is 30.3 Å². The van der Waals surface area contributed by atoms with Crippen LogP contribution in [0, 0.1) is 0 Å². The topological polar surface area (TPSA) is 75.6 Å². The van der Waals surface area contributed by atoms with Crippen molar-refractivity contribution >= 4 is 11.9 Å². The number of amides is 1. The first-order valence-electron chi connectivity index (χ1n) is 6.00. The molecule has 8 heteroatoms. The van der Waals surface area contributed by atoms with Crippen LogP contribution in [0.5, 0.6) is 5.75 Å². The second-order valence-electron chi connectivity index (χ2n) is 4.29. The van der Waals surface area contributed by atoms with Gasteiger partial charge in [-0.25, -0.2) is 4.79 Å². The summed E-state index contributed by atoms with van der Waals surface area (Å²) in [7, 11) is 0. The molecule has 5 nitrogen and oxygen atoms in total. The molecule has 2 atom stereocenters. The molecule has 0 spiro atoms. The van der Waals surface area contributed by atoms with Crippen LogP contribution in [0.1, 0.15) is 13.3 Å². The molecule has 0 saturated heterocycles. The highest BCUT2D eigenvalue weighted by atomic mass is 19.4. The largest absolute Gasteiger partial charge is 0.481 e. The molecule has 0 aliphatic rings. The third kappa shape index (κ3) is 6.15. The first kappa shape index (κ1) is 16.8. The van der Waals surface area contributed by atoms with Gasteiger partial charge < -0.3 is 15.2 Å². The lowest BCUT2D eigenvalue weighted by Gasteiger charge is -2.19. The molecule has 1 aromatic rings. The van der Waals surface area contributed by atoms with E-state index in [1.807, 2.05) is 5.32 Å². The number of aliphatic carboxylic acids is 1. The standard InChI is InChI=1S/C13H14F3NO4/c1-8(21-9-5-3-2-4-6-9)11(18)17-10(12(19)20)7-13(14,15)16/h2-6,8,10H,7H2,1H3,(H,17,18)(H,19,20). The van der Waals surface area contributed by atoms with Crippen LogP contribution in [0.2, 0.25) is 0 Å². The molecule has 0 aliphatic carbocycles. The number of ether oxygens (including phenoxy) is 1. The molecule has 0 radical (unpaired) electrons. The lowest BCUT2D eigenvalue weighted by atomic mass is 10.2. The predicted molar refractivity (Wildman–Crippen MR) is 66.8 cm³/mol. The maximum atomic E-state index is 12.2. The highest BCUT2D eigenvalue weighted by Gasteiger charge is 2.37. The molecular formula is C13H14F3NO4. The molecule has 2 unspecified atom stereocenters. The van der Waals surface area contributed by atoms with E-state index in [4.69, 9.17) is 9.84 Å². The Morgan fingerprint density at radius 2 is 1.86 bits per heavy atom. The number of carbonyl (C=O) groups excluding carboxylic acids is 1. The number of para-hydroxylation sites is 1. The molecule has 1 rings (SSSR count). The van der Waals surface area contributed by atoms with Crippen LogP contribution in [0.15, 0.2) is 30.3 Å². The van der Waals surface area contributed by atoms with Crippen LogP contribution in [0.4, 0.5) is 13.2 Å². The molecule has 0 fully saturated rings. The van der Waals surface area contributed by atoms with E-state index in [1.54, 1.807) is 30.3 Å². The molecular weight excluding hydrogens is 291 g/mol. The number of hydrogen-bond acceptors (Lipinski definition) is 3. The van der Waals surface area contributed by atoms with Crippen molar-refractivity contribution in [3.8, 4) is 5.75 Å². The molecule has 0 heterocycles. The highest BCUT2D eigenvalue weighted by molar-refractivity contribution is 5.86. The molecule has 0 saturated carbocycles. The van der Waals surface area contributed by atoms with Crippen LogP contribution in [-0.2, 0) is 9.59 Å². The van der Waals surface area contributed by atoms with E-state index < -0.39 is 36.6 Å². The third-order valence-corrected chi connectivity index (χ3v) is 2.48. The fourth-order valence-corrected chi connectivity index (χ4v) is 1.48. The monoisotopic (exact) mass is 305 g/mol. The van der Waals surface area contributed by atoms with E-state index in [0.29, 0.717) is 5.75 Å². The lowest BCUT2D eigenvalue weighted by Crippen LogP contribution is -2.48. The van der Waals surface area contributed by atoms with Crippen molar-refractivity contribution in [1.82, 2.24) is 5.32 Å². The maximum Gasteiger partial charge on any atom is 0.391 e. The summed E-state index contributed by atoms with van der Waals surface area (Å²) in [5.74, 6) is -2.34. The summed E-state index contributed by atoms with van der Waals surface area (Å²) in [6.07, 6.45) is -7.46. The van der Waals surface area contributed by atoms with Crippen molar-refractivity contribution in [1.29, 1.82) is 0 Å². The first-order valence-corrected chi connectivity index (χ1v) is 6.00. The Balaban J connectivity index is 2.62. The van der Waals surface area contributed by atoms with Gasteiger partial charge in [0.15, 0.2) is 6.10 Å². The van der Waals surface area contributed by atoms with E-state index in [-0.39, 0.29) is 0 Å². The lowest BCUT2D eigenvalue weighted by molar-refractivity contribution is -0.160. The fourth-order valence-electron chi connectivity index (χ4n) is 1.48. The summed E-state index contributed by atoms with van der Waals surface area (Å²) >= 11 is 0. The van der Waals surface area contributed by atoms with Gasteiger partial charge in [0.05, 0.1) is 6.42 Å². The summed E-state index contributed by atoms with van der Waals surface area (Å²) in [5.41, 5.74) is 0. The van der Waals surface area contributed by atoms with Crippen molar-refractivity contribution < 1.29 is 32.6 Å². The minimum atomic E-state index is -4.69. The van der Waals surface area contributed by atoms with Crippen LogP contribution in [0.25, 0.3) is 0 Å². The fraction of sp³-hybridized carbons (Fsp3) is 0.385. The van der Waals surface area contributed by atoms with Gasteiger partial charge in [-0.05, 0) is 19.1 Å². The van der Waals surface area contributed by atoms with Crippen molar-refractivity contribution in [2.45, 2.75) is 31.7 Å². The normalized spacial score (nSPS) is 14.1. The van der Waals surface area contributed by atoms with Crippen LogP contribution in [-0.4, -0.2) is 35.3 Å². The Morgan fingerprint density at radius 3 is 2.33 bits per heavy atom. The highest BCUT2D eigenvalue weighted by Crippen LogP contribution is 2.21. The van der Waals surface area contributed by atoms with Crippen LogP contribution in [0.3, 0.4) is 0 Å². The van der Waals surface area contributed by atoms with Gasteiger partial charge in [0.2, 0.25) is 0 Å². The minimum Gasteiger partial charge on any atom is -0.481 e. The molecule has 1 aromatic carbocycles. The van der Waals surface area contributed by atoms with Gasteiger partial charge >= 0.3 is 12.1 Å². The van der Waals surface area contributed by atoms with E-state index in [1.165, 1.54) is 6.92 Å². The van der Waals surface area contributed by atoms with Gasteiger partial charge in [-0.1, -0.05) is 18.2 Å². The Kier molecular flexibility index (Phi) is 5.57. The van der Waals surface area contributed by atoms with Crippen molar-refractivity contribution in [3.63, 3.8) is 0 Å². The van der Waals surface area contributed by atoms with Crippen molar-refractivity contribution in [2.24, 2.45) is 0 Å². The Bertz CT molecular complexity index is 490. The number of benzene rings is 1. The zero-order chi connectivity index (χ0) is 16.0. The van der Waals surface area contributed by atoms with Crippen LogP contribution < -0.4 is 10.1 Å². The molecule has 0 aliphatic heterocycles. The third-order valence-electron chi connectivity index (χ3n) is 2.48. The van der Waals surface area contributed by atoms with E-state index in [9.17, 15) is 22.8 Å². The van der Waals surface area contributed by atoms with Gasteiger partial charge in [0.1, 0.15) is 11.8 Å². The Labute approximate surface area is 118 Å². The average Bonchev–Trinajstić information content (AvgIpc) is 2.37. The smallest absolute Gasteiger partial charge is 0.391 e. The summed E-state index contributed by atoms with van der Waals surface area (Å²) in [4.78, 5) is 22.4. The summed E-state index contributed by atoms with van der Waals surface area (Å²) in [6, 6.07) is 6.12. The van der Waals surface area contributed by atoms with Gasteiger partial charge in [-0.15, -0.1) is 0 Å². The van der Waals surface area contributed by atoms with E-state index in [2.05, 4.69) is 0 Å². The number of nitrogens with one attached hydrogen (secondary N) is 1. The number of hydrogen-bond donors (Lipinski definition) is 2. The summed E-state index contributed by atoms with van der Waals surface area (Å²) in [6.45, 7) is 1.31. The number of carbonyl (C=O) groups is 2. The number of rotatable bonds is 6. The zero-order valence-corrected chi connectivity index (χ0v) is 11.1. The second kappa shape index (κ2) is 6.96. The Morgan fingerprint density at radius 1 is 1.29 bits per heavy atom. The number of halogens is 3.